The zero-order valence-electron chi connectivity index (χ0n) is 17.5. The topological polar surface area (TPSA) is 101 Å². The van der Waals surface area contributed by atoms with E-state index in [0.29, 0.717) is 19.0 Å². The molecule has 8 nitrogen and oxygen atoms in total. The van der Waals surface area contributed by atoms with E-state index in [4.69, 9.17) is 14.6 Å². The molecule has 1 fully saturated rings. The van der Waals surface area contributed by atoms with Gasteiger partial charge in [0.2, 0.25) is 5.91 Å². The Bertz CT molecular complexity index is 592. The largest absolute Gasteiger partial charge is 0.476 e. The number of likely N-dealkylation sites (tertiary alicyclic amines) is 1. The highest BCUT2D eigenvalue weighted by Gasteiger charge is 2.26. The van der Waals surface area contributed by atoms with Gasteiger partial charge in [0.15, 0.2) is 10.0 Å². The van der Waals surface area contributed by atoms with Gasteiger partial charge in [-0.15, -0.1) is 11.3 Å². The molecule has 29 heavy (non-hydrogen) atoms. The Morgan fingerprint density at radius 1 is 1.34 bits per heavy atom. The van der Waals surface area contributed by atoms with Crippen LogP contribution in [0.5, 0.6) is 0 Å². The summed E-state index contributed by atoms with van der Waals surface area (Å²) in [7, 11) is 0. The maximum atomic E-state index is 11.5. The van der Waals surface area contributed by atoms with Crippen molar-refractivity contribution in [3.63, 3.8) is 0 Å². The summed E-state index contributed by atoms with van der Waals surface area (Å²) in [5.74, 6) is -0.0299. The van der Waals surface area contributed by atoms with Crippen LogP contribution >= 0.6 is 23.1 Å². The number of aromatic carboxylic acids is 1. The van der Waals surface area contributed by atoms with Crippen molar-refractivity contribution >= 4 is 35.0 Å². The molecule has 0 spiro atoms. The zero-order valence-corrected chi connectivity index (χ0v) is 19.1. The molecule has 1 aliphatic rings. The van der Waals surface area contributed by atoms with Crippen LogP contribution < -0.4 is 5.32 Å². The minimum absolute atomic E-state index is 0.0908. The van der Waals surface area contributed by atoms with E-state index in [9.17, 15) is 9.59 Å². The molecule has 1 aromatic heterocycles. The van der Waals surface area contributed by atoms with Gasteiger partial charge in [-0.05, 0) is 27.2 Å². The summed E-state index contributed by atoms with van der Waals surface area (Å²) in [6.45, 7) is 11.8. The lowest BCUT2D eigenvalue weighted by molar-refractivity contribution is -0.128. The molecule has 2 heterocycles. The van der Waals surface area contributed by atoms with Crippen LogP contribution in [-0.4, -0.2) is 84.7 Å². The number of nitrogens with zero attached hydrogens (tertiary/aromatic N) is 2. The summed E-state index contributed by atoms with van der Waals surface area (Å²) < 4.78 is 11.0. The van der Waals surface area contributed by atoms with Gasteiger partial charge < -0.3 is 24.8 Å². The van der Waals surface area contributed by atoms with Crippen molar-refractivity contribution < 1.29 is 24.2 Å². The fourth-order valence-corrected chi connectivity index (χ4v) is 4.39. The number of carbonyl (C=O) groups is 2. The lowest BCUT2D eigenvalue weighted by Gasteiger charge is -2.20. The number of nitrogens with one attached hydrogen (secondary N) is 1. The van der Waals surface area contributed by atoms with Crippen LogP contribution in [0.4, 0.5) is 0 Å². The van der Waals surface area contributed by atoms with Crippen LogP contribution in [-0.2, 0) is 14.3 Å². The number of amides is 1. The summed E-state index contributed by atoms with van der Waals surface area (Å²) in [5, 5.41) is 13.5. The van der Waals surface area contributed by atoms with E-state index in [1.165, 1.54) is 28.5 Å². The fraction of sp³-hybridized carbons (Fsp3) is 0.737. The van der Waals surface area contributed by atoms with Crippen molar-refractivity contribution in [1.82, 2.24) is 15.2 Å². The number of hydrogen-bond acceptors (Lipinski definition) is 8. The molecule has 0 saturated carbocycles. The number of rotatable bonds is 13. The quantitative estimate of drug-likeness (QED) is 0.351. The minimum atomic E-state index is -0.999. The summed E-state index contributed by atoms with van der Waals surface area (Å²) >= 11 is 2.83. The van der Waals surface area contributed by atoms with Crippen molar-refractivity contribution in [2.75, 3.05) is 51.8 Å². The van der Waals surface area contributed by atoms with E-state index in [2.05, 4.69) is 17.2 Å². The first-order valence-electron chi connectivity index (χ1n) is 9.96. The number of ether oxygens (including phenoxy) is 2. The van der Waals surface area contributed by atoms with Gasteiger partial charge in [-0.2, -0.15) is 0 Å². The summed E-state index contributed by atoms with van der Waals surface area (Å²) in [6, 6.07) is 0.323. The second kappa shape index (κ2) is 15.6. The molecule has 1 amide bonds. The molecule has 1 atom stereocenters. The molecule has 10 heteroatoms. The van der Waals surface area contributed by atoms with Crippen molar-refractivity contribution in [2.24, 2.45) is 0 Å². The lowest BCUT2D eigenvalue weighted by Crippen LogP contribution is -2.32. The van der Waals surface area contributed by atoms with E-state index < -0.39 is 5.97 Å². The normalized spacial score (nSPS) is 16.0. The van der Waals surface area contributed by atoms with Crippen molar-refractivity contribution in [3.8, 4) is 0 Å². The molecule has 1 aliphatic heterocycles. The third-order valence-corrected chi connectivity index (χ3v) is 6.14. The fourth-order valence-electron chi connectivity index (χ4n) is 2.58. The molecule has 166 valence electrons. The number of thioether (sulfide) groups is 1. The first-order valence-corrected chi connectivity index (χ1v) is 11.8. The smallest absolute Gasteiger partial charge is 0.355 e. The van der Waals surface area contributed by atoms with Gasteiger partial charge in [-0.1, -0.05) is 11.8 Å². The predicted molar refractivity (Wildman–Crippen MR) is 116 cm³/mol. The molecular weight excluding hydrogens is 414 g/mol. The Morgan fingerprint density at radius 2 is 2.00 bits per heavy atom. The Hall–Kier alpha value is -1.20. The van der Waals surface area contributed by atoms with Crippen LogP contribution in [0, 0.1) is 0 Å². The average molecular weight is 448 g/mol. The second-order valence-corrected chi connectivity index (χ2v) is 8.47. The highest BCUT2D eigenvalue weighted by molar-refractivity contribution is 8.01. The summed E-state index contributed by atoms with van der Waals surface area (Å²) in [6.07, 6.45) is 1.58. The molecule has 0 aromatic carbocycles. The van der Waals surface area contributed by atoms with Gasteiger partial charge in [-0.25, -0.2) is 9.78 Å². The third-order valence-electron chi connectivity index (χ3n) is 4.14. The second-order valence-electron chi connectivity index (χ2n) is 6.27. The zero-order chi connectivity index (χ0) is 21.5. The van der Waals surface area contributed by atoms with E-state index in [1.807, 2.05) is 18.7 Å². The van der Waals surface area contributed by atoms with Crippen LogP contribution in [0.1, 0.15) is 44.1 Å². The molecule has 0 aliphatic carbocycles. The van der Waals surface area contributed by atoms with Crippen LogP contribution in [0.15, 0.2) is 9.72 Å². The summed E-state index contributed by atoms with van der Waals surface area (Å²) in [4.78, 5) is 28.1. The van der Waals surface area contributed by atoms with Gasteiger partial charge in [0.25, 0.3) is 0 Å². The molecular formula is C19H33N3O5S2. The lowest BCUT2D eigenvalue weighted by atomic mass is 10.2. The Labute approximate surface area is 181 Å². The first kappa shape index (κ1) is 25.8. The highest BCUT2D eigenvalue weighted by atomic mass is 32.2. The number of carboxylic acid groups (broad SMARTS) is 1. The Kier molecular flexibility index (Phi) is 13.9. The Morgan fingerprint density at radius 3 is 2.48 bits per heavy atom. The standard InChI is InChI=1S/C11H14N2O3S2.C8H19NO2/c1-7-2-3-9(14)13(7)4-5-17-11-12-8(6-18-11)10(15)16;1-3-10-7-5-9-6-8-11-4-2/h6-7H,2-5H2,1H3,(H,15,16);9H,3-8H2,1-2H3/t7-;/m1./s1. The van der Waals surface area contributed by atoms with Gasteiger partial charge >= 0.3 is 5.97 Å². The van der Waals surface area contributed by atoms with E-state index in [0.717, 1.165) is 56.0 Å². The summed E-state index contributed by atoms with van der Waals surface area (Å²) in [5.41, 5.74) is 0.0908. The first-order chi connectivity index (χ1) is 14.0. The number of aromatic nitrogens is 1. The van der Waals surface area contributed by atoms with Gasteiger partial charge in [0.1, 0.15) is 0 Å². The highest BCUT2D eigenvalue weighted by Crippen LogP contribution is 2.24. The minimum Gasteiger partial charge on any atom is -0.476 e. The molecule has 2 N–H and O–H groups in total. The third kappa shape index (κ3) is 10.9. The number of thiazole rings is 1. The predicted octanol–water partition coefficient (Wildman–Crippen LogP) is 2.59. The molecule has 1 aromatic rings. The van der Waals surface area contributed by atoms with Gasteiger partial charge in [0, 0.05) is 56.4 Å². The van der Waals surface area contributed by atoms with Crippen molar-refractivity contribution in [1.29, 1.82) is 0 Å². The van der Waals surface area contributed by atoms with Crippen LogP contribution in [0.3, 0.4) is 0 Å². The van der Waals surface area contributed by atoms with E-state index in [-0.39, 0.29) is 11.6 Å². The van der Waals surface area contributed by atoms with Gasteiger partial charge in [0.05, 0.1) is 13.2 Å². The molecule has 2 rings (SSSR count). The number of carboxylic acids is 1. The maximum Gasteiger partial charge on any atom is 0.355 e. The molecule has 0 radical (unpaired) electrons. The van der Waals surface area contributed by atoms with E-state index in [1.54, 1.807) is 0 Å². The molecule has 0 unspecified atom stereocenters. The number of hydrogen-bond donors (Lipinski definition) is 2. The molecule has 0 bridgehead atoms. The number of carbonyl (C=O) groups excluding carboxylic acids is 1. The monoisotopic (exact) mass is 447 g/mol. The average Bonchev–Trinajstić information content (AvgIpc) is 3.30. The van der Waals surface area contributed by atoms with Crippen molar-refractivity contribution in [2.45, 2.75) is 44.0 Å². The molecule has 1 saturated heterocycles. The Balaban J connectivity index is 0.000000331. The van der Waals surface area contributed by atoms with E-state index >= 15 is 0 Å². The van der Waals surface area contributed by atoms with Gasteiger partial charge in [-0.3, -0.25) is 4.79 Å². The van der Waals surface area contributed by atoms with Crippen LogP contribution in [0.25, 0.3) is 0 Å². The van der Waals surface area contributed by atoms with Crippen molar-refractivity contribution in [3.05, 3.63) is 11.1 Å². The SMILES string of the molecule is CCOCCNCCOCC.C[C@@H]1CCC(=O)N1CCSc1nc(C(=O)O)cs1. The van der Waals surface area contributed by atoms with Crippen LogP contribution in [0.2, 0.25) is 0 Å². The maximum absolute atomic E-state index is 11.5.